The molecular formula is C15H24ClN3. The minimum absolute atomic E-state index is 0.548. The number of rotatable bonds is 4. The molecule has 0 radical (unpaired) electrons. The molecule has 0 aliphatic carbocycles. The van der Waals surface area contributed by atoms with Crippen molar-refractivity contribution in [3.63, 3.8) is 0 Å². The summed E-state index contributed by atoms with van der Waals surface area (Å²) in [5.41, 5.74) is 7.93. The third kappa shape index (κ3) is 3.93. The number of likely N-dealkylation sites (tertiary alicyclic amines) is 1. The number of benzene rings is 1. The molecule has 1 aliphatic heterocycles. The Balaban J connectivity index is 2.00. The highest BCUT2D eigenvalue weighted by atomic mass is 35.5. The molecule has 106 valence electrons. The zero-order valence-corrected chi connectivity index (χ0v) is 12.7. The van der Waals surface area contributed by atoms with Gasteiger partial charge in [-0.2, -0.15) is 0 Å². The second-order valence-corrected chi connectivity index (χ2v) is 6.03. The molecule has 19 heavy (non-hydrogen) atoms. The van der Waals surface area contributed by atoms with E-state index in [1.54, 1.807) is 0 Å². The first-order valence-electron chi connectivity index (χ1n) is 6.96. The van der Waals surface area contributed by atoms with Gasteiger partial charge in [0.15, 0.2) is 0 Å². The summed E-state index contributed by atoms with van der Waals surface area (Å²) in [4.78, 5) is 4.82. The number of likely N-dealkylation sites (N-methyl/N-ethyl adjacent to an activating group) is 1. The Bertz CT molecular complexity index is 420. The van der Waals surface area contributed by atoms with Crippen molar-refractivity contribution in [1.82, 2.24) is 9.80 Å². The monoisotopic (exact) mass is 281 g/mol. The van der Waals surface area contributed by atoms with E-state index >= 15 is 0 Å². The number of halogens is 1. The van der Waals surface area contributed by atoms with E-state index in [4.69, 9.17) is 17.3 Å². The fraction of sp³-hybridized carbons (Fsp3) is 0.600. The van der Waals surface area contributed by atoms with Crippen molar-refractivity contribution in [2.45, 2.75) is 32.0 Å². The molecule has 2 N–H and O–H groups in total. The smallest absolute Gasteiger partial charge is 0.0454 e. The molecule has 1 saturated heterocycles. The first-order valence-corrected chi connectivity index (χ1v) is 7.34. The normalized spacial score (nSPS) is 21.0. The molecular weight excluding hydrogens is 258 g/mol. The molecule has 4 heteroatoms. The van der Waals surface area contributed by atoms with E-state index in [0.717, 1.165) is 23.7 Å². The summed E-state index contributed by atoms with van der Waals surface area (Å²) in [7, 11) is 4.33. The highest BCUT2D eigenvalue weighted by Crippen LogP contribution is 2.22. The predicted octanol–water partition coefficient (Wildman–Crippen LogP) is 2.32. The Hall–Kier alpha value is -0.610. The van der Waals surface area contributed by atoms with Crippen LogP contribution in [0.3, 0.4) is 0 Å². The van der Waals surface area contributed by atoms with Crippen molar-refractivity contribution >= 4 is 11.6 Å². The van der Waals surface area contributed by atoms with Crippen molar-refractivity contribution in [2.75, 3.05) is 27.2 Å². The van der Waals surface area contributed by atoms with Gasteiger partial charge < -0.3 is 10.6 Å². The lowest BCUT2D eigenvalue weighted by atomic mass is 10.0. The number of hydrogen-bond acceptors (Lipinski definition) is 3. The second kappa shape index (κ2) is 6.71. The number of hydrogen-bond donors (Lipinski definition) is 1. The van der Waals surface area contributed by atoms with Gasteiger partial charge in [-0.3, -0.25) is 4.90 Å². The first-order chi connectivity index (χ1) is 9.10. The van der Waals surface area contributed by atoms with Gasteiger partial charge in [0.05, 0.1) is 0 Å². The van der Waals surface area contributed by atoms with Crippen LogP contribution < -0.4 is 5.73 Å². The molecule has 1 atom stereocenters. The molecule has 0 amide bonds. The first kappa shape index (κ1) is 14.8. The molecule has 1 fully saturated rings. The molecule has 1 unspecified atom stereocenters. The Morgan fingerprint density at radius 1 is 1.42 bits per heavy atom. The summed E-state index contributed by atoms with van der Waals surface area (Å²) < 4.78 is 0. The quantitative estimate of drug-likeness (QED) is 0.919. The minimum atomic E-state index is 0.548. The third-order valence-corrected chi connectivity index (χ3v) is 4.31. The Morgan fingerprint density at radius 3 is 2.84 bits per heavy atom. The summed E-state index contributed by atoms with van der Waals surface area (Å²) >= 11 is 6.33. The van der Waals surface area contributed by atoms with Crippen LogP contribution in [0.15, 0.2) is 18.2 Å². The van der Waals surface area contributed by atoms with Crippen LogP contribution in [-0.2, 0) is 13.1 Å². The number of nitrogens with zero attached hydrogens (tertiary/aromatic N) is 2. The molecule has 0 aromatic heterocycles. The van der Waals surface area contributed by atoms with Gasteiger partial charge in [-0.1, -0.05) is 23.7 Å². The fourth-order valence-corrected chi connectivity index (χ4v) is 2.95. The lowest BCUT2D eigenvalue weighted by Gasteiger charge is -2.36. The SMILES string of the molecule is CN(C)C1CCCN(Cc2ccc(CN)cc2Cl)C1. The van der Waals surface area contributed by atoms with Crippen LogP contribution in [0.25, 0.3) is 0 Å². The van der Waals surface area contributed by atoms with Gasteiger partial charge in [-0.05, 0) is 50.7 Å². The van der Waals surface area contributed by atoms with Crippen LogP contribution in [0.5, 0.6) is 0 Å². The molecule has 1 aromatic rings. The lowest BCUT2D eigenvalue weighted by Crippen LogP contribution is -2.44. The van der Waals surface area contributed by atoms with E-state index in [-0.39, 0.29) is 0 Å². The lowest BCUT2D eigenvalue weighted by molar-refractivity contribution is 0.128. The number of piperidine rings is 1. The maximum absolute atomic E-state index is 6.33. The van der Waals surface area contributed by atoms with Gasteiger partial charge in [-0.25, -0.2) is 0 Å². The average Bonchev–Trinajstić information content (AvgIpc) is 2.41. The van der Waals surface area contributed by atoms with E-state index in [1.165, 1.54) is 24.9 Å². The van der Waals surface area contributed by atoms with Gasteiger partial charge in [-0.15, -0.1) is 0 Å². The summed E-state index contributed by atoms with van der Waals surface area (Å²) in [6.45, 7) is 3.78. The molecule has 1 aliphatic rings. The van der Waals surface area contributed by atoms with Gasteiger partial charge in [0.2, 0.25) is 0 Å². The second-order valence-electron chi connectivity index (χ2n) is 5.62. The van der Waals surface area contributed by atoms with Gasteiger partial charge in [0.1, 0.15) is 0 Å². The van der Waals surface area contributed by atoms with Crippen molar-refractivity contribution < 1.29 is 0 Å². The van der Waals surface area contributed by atoms with Crippen LogP contribution in [0, 0.1) is 0 Å². The van der Waals surface area contributed by atoms with Crippen LogP contribution in [0.1, 0.15) is 24.0 Å². The predicted molar refractivity (Wildman–Crippen MR) is 81.3 cm³/mol. The van der Waals surface area contributed by atoms with E-state index in [2.05, 4.69) is 36.0 Å². The van der Waals surface area contributed by atoms with Gasteiger partial charge >= 0.3 is 0 Å². The molecule has 2 rings (SSSR count). The molecule has 0 saturated carbocycles. The molecule has 0 bridgehead atoms. The highest BCUT2D eigenvalue weighted by Gasteiger charge is 2.21. The average molecular weight is 282 g/mol. The topological polar surface area (TPSA) is 32.5 Å². The fourth-order valence-electron chi connectivity index (χ4n) is 2.68. The van der Waals surface area contributed by atoms with Crippen LogP contribution >= 0.6 is 11.6 Å². The van der Waals surface area contributed by atoms with E-state index < -0.39 is 0 Å². The van der Waals surface area contributed by atoms with Crippen LogP contribution in [-0.4, -0.2) is 43.0 Å². The third-order valence-electron chi connectivity index (χ3n) is 3.96. The minimum Gasteiger partial charge on any atom is -0.326 e. The summed E-state index contributed by atoms with van der Waals surface area (Å²) in [6, 6.07) is 6.85. The van der Waals surface area contributed by atoms with Crippen LogP contribution in [0.4, 0.5) is 0 Å². The zero-order valence-electron chi connectivity index (χ0n) is 11.9. The Labute approximate surface area is 121 Å². The largest absolute Gasteiger partial charge is 0.326 e. The van der Waals surface area contributed by atoms with Crippen molar-refractivity contribution in [2.24, 2.45) is 5.73 Å². The van der Waals surface area contributed by atoms with Gasteiger partial charge in [0.25, 0.3) is 0 Å². The maximum atomic E-state index is 6.33. The molecule has 1 heterocycles. The highest BCUT2D eigenvalue weighted by molar-refractivity contribution is 6.31. The standard InChI is InChI=1S/C15H24ClN3/c1-18(2)14-4-3-7-19(11-14)10-13-6-5-12(9-17)8-15(13)16/h5-6,8,14H,3-4,7,9-11,17H2,1-2H3. The van der Waals surface area contributed by atoms with E-state index in [9.17, 15) is 0 Å². The summed E-state index contributed by atoms with van der Waals surface area (Å²) in [6.07, 6.45) is 2.56. The Kier molecular flexibility index (Phi) is 5.22. The van der Waals surface area contributed by atoms with Crippen LogP contribution in [0.2, 0.25) is 5.02 Å². The maximum Gasteiger partial charge on any atom is 0.0454 e. The molecule has 0 spiro atoms. The summed E-state index contributed by atoms with van der Waals surface area (Å²) in [5, 5.41) is 0.843. The van der Waals surface area contributed by atoms with Gasteiger partial charge in [0, 0.05) is 30.7 Å². The van der Waals surface area contributed by atoms with Crippen molar-refractivity contribution in [3.8, 4) is 0 Å². The van der Waals surface area contributed by atoms with Crippen molar-refractivity contribution in [3.05, 3.63) is 34.3 Å². The van der Waals surface area contributed by atoms with E-state index in [0.29, 0.717) is 12.6 Å². The molecule has 1 aromatic carbocycles. The summed E-state index contributed by atoms with van der Waals surface area (Å²) in [5.74, 6) is 0. The zero-order chi connectivity index (χ0) is 13.8. The Morgan fingerprint density at radius 2 is 2.21 bits per heavy atom. The molecule has 3 nitrogen and oxygen atoms in total. The van der Waals surface area contributed by atoms with Crippen molar-refractivity contribution in [1.29, 1.82) is 0 Å². The number of nitrogens with two attached hydrogens (primary N) is 1. The van der Waals surface area contributed by atoms with E-state index in [1.807, 2.05) is 6.07 Å².